The number of aliphatic carboxylic acids is 1. The quantitative estimate of drug-likeness (QED) is 0.683. The fraction of sp³-hybridized carbons (Fsp3) is 0.304. The Morgan fingerprint density at radius 1 is 1.10 bits per heavy atom. The van der Waals surface area contributed by atoms with E-state index < -0.39 is 35.6 Å². The van der Waals surface area contributed by atoms with Gasteiger partial charge in [0.05, 0.1) is 5.25 Å². The summed E-state index contributed by atoms with van der Waals surface area (Å²) in [4.78, 5) is 50.4. The second-order valence-corrected chi connectivity index (χ2v) is 8.79. The summed E-state index contributed by atoms with van der Waals surface area (Å²) in [6.07, 6.45) is 0.604. The Labute approximate surface area is 184 Å². The summed E-state index contributed by atoms with van der Waals surface area (Å²) >= 11 is 0.925. The van der Waals surface area contributed by atoms with Crippen LogP contribution in [0, 0.1) is 0 Å². The van der Waals surface area contributed by atoms with Gasteiger partial charge in [0.25, 0.3) is 0 Å². The van der Waals surface area contributed by atoms with E-state index in [9.17, 15) is 24.3 Å². The molecule has 0 saturated carbocycles. The molecule has 7 nitrogen and oxygen atoms in total. The van der Waals surface area contributed by atoms with Gasteiger partial charge in [0.1, 0.15) is 12.6 Å². The molecule has 162 valence electrons. The molecule has 0 fully saturated rings. The van der Waals surface area contributed by atoms with Crippen LogP contribution in [-0.4, -0.2) is 50.7 Å². The first-order chi connectivity index (χ1) is 14.8. The first-order valence-electron chi connectivity index (χ1n) is 9.92. The highest BCUT2D eigenvalue weighted by molar-refractivity contribution is 8.14. The van der Waals surface area contributed by atoms with Crippen molar-refractivity contribution in [1.29, 1.82) is 0 Å². The Morgan fingerprint density at radius 2 is 1.74 bits per heavy atom. The molecule has 31 heavy (non-hydrogen) atoms. The van der Waals surface area contributed by atoms with Crippen LogP contribution in [-0.2, 0) is 38.6 Å². The first kappa shape index (κ1) is 22.6. The Morgan fingerprint density at radius 3 is 2.39 bits per heavy atom. The lowest BCUT2D eigenvalue weighted by molar-refractivity contribution is -0.146. The molecule has 8 heteroatoms. The molecule has 0 spiro atoms. The number of nitrogens with zero attached hydrogens (tertiary/aromatic N) is 1. The van der Waals surface area contributed by atoms with Gasteiger partial charge >= 0.3 is 5.97 Å². The SMILES string of the molecule is CC(=O)SC(Cc1ccccc1)C(=O)NC1Cc2ccccc2CN(CC(=O)O)C1=O. The zero-order chi connectivity index (χ0) is 22.4. The Kier molecular flexibility index (Phi) is 7.46. The molecule has 2 atom stereocenters. The zero-order valence-electron chi connectivity index (χ0n) is 17.1. The zero-order valence-corrected chi connectivity index (χ0v) is 17.9. The van der Waals surface area contributed by atoms with Crippen LogP contribution < -0.4 is 5.32 Å². The lowest BCUT2D eigenvalue weighted by Crippen LogP contribution is -2.51. The minimum atomic E-state index is -1.12. The number of hydrogen-bond donors (Lipinski definition) is 2. The van der Waals surface area contributed by atoms with E-state index in [4.69, 9.17) is 0 Å². The van der Waals surface area contributed by atoms with Crippen molar-refractivity contribution < 1.29 is 24.3 Å². The average molecular weight is 441 g/mol. The standard InChI is InChI=1S/C23H24N2O5S/c1-15(26)31-20(11-16-7-3-2-4-8-16)22(29)24-19-12-17-9-5-6-10-18(17)13-25(23(19)30)14-21(27)28/h2-10,19-20H,11-14H2,1H3,(H,24,29)(H,27,28). The van der Waals surface area contributed by atoms with Crippen molar-refractivity contribution >= 4 is 34.7 Å². The van der Waals surface area contributed by atoms with Crippen molar-refractivity contribution in [3.05, 3.63) is 71.3 Å². The van der Waals surface area contributed by atoms with Crippen LogP contribution in [0.4, 0.5) is 0 Å². The van der Waals surface area contributed by atoms with Crippen molar-refractivity contribution in [3.63, 3.8) is 0 Å². The van der Waals surface area contributed by atoms with Gasteiger partial charge in [-0.2, -0.15) is 0 Å². The second kappa shape index (κ2) is 10.3. The lowest BCUT2D eigenvalue weighted by atomic mass is 10.0. The van der Waals surface area contributed by atoms with Crippen molar-refractivity contribution in [2.75, 3.05) is 6.54 Å². The summed E-state index contributed by atoms with van der Waals surface area (Å²) < 4.78 is 0. The number of nitrogens with one attached hydrogen (secondary N) is 1. The van der Waals surface area contributed by atoms with E-state index in [0.717, 1.165) is 28.5 Å². The third kappa shape index (κ3) is 6.18. The highest BCUT2D eigenvalue weighted by Gasteiger charge is 2.33. The number of hydrogen-bond acceptors (Lipinski definition) is 5. The van der Waals surface area contributed by atoms with Crippen molar-refractivity contribution in [3.8, 4) is 0 Å². The molecule has 1 heterocycles. The normalized spacial score (nSPS) is 16.7. The van der Waals surface area contributed by atoms with Crippen LogP contribution in [0.5, 0.6) is 0 Å². The average Bonchev–Trinajstić information content (AvgIpc) is 2.84. The molecular formula is C23H24N2O5S. The molecule has 2 aromatic rings. The van der Waals surface area contributed by atoms with E-state index in [-0.39, 0.29) is 18.1 Å². The molecule has 2 N–H and O–H groups in total. The van der Waals surface area contributed by atoms with Crippen LogP contribution in [0.25, 0.3) is 0 Å². The van der Waals surface area contributed by atoms with Crippen LogP contribution >= 0.6 is 11.8 Å². The number of carboxylic acids is 1. The second-order valence-electron chi connectivity index (χ2n) is 7.41. The lowest BCUT2D eigenvalue weighted by Gasteiger charge is -2.25. The van der Waals surface area contributed by atoms with E-state index in [1.54, 1.807) is 0 Å². The van der Waals surface area contributed by atoms with Gasteiger partial charge in [-0.25, -0.2) is 0 Å². The van der Waals surface area contributed by atoms with Gasteiger partial charge in [-0.05, 0) is 23.1 Å². The van der Waals surface area contributed by atoms with Gasteiger partial charge in [-0.1, -0.05) is 66.4 Å². The number of amides is 2. The van der Waals surface area contributed by atoms with Gasteiger partial charge in [0.15, 0.2) is 5.12 Å². The molecule has 0 aliphatic carbocycles. The molecular weight excluding hydrogens is 416 g/mol. The van der Waals surface area contributed by atoms with Crippen LogP contribution in [0.1, 0.15) is 23.6 Å². The summed E-state index contributed by atoms with van der Waals surface area (Å²) in [5.74, 6) is -1.98. The highest BCUT2D eigenvalue weighted by Crippen LogP contribution is 2.22. The summed E-state index contributed by atoms with van der Waals surface area (Å²) in [6.45, 7) is 1.12. The predicted molar refractivity (Wildman–Crippen MR) is 117 cm³/mol. The summed E-state index contributed by atoms with van der Waals surface area (Å²) in [5.41, 5.74) is 2.64. The molecule has 2 amide bonds. The Hall–Kier alpha value is -3.13. The molecule has 1 aliphatic heterocycles. The molecule has 2 unspecified atom stereocenters. The fourth-order valence-electron chi connectivity index (χ4n) is 3.61. The topological polar surface area (TPSA) is 104 Å². The molecule has 0 aromatic heterocycles. The third-order valence-electron chi connectivity index (χ3n) is 5.02. The largest absolute Gasteiger partial charge is 0.480 e. The van der Waals surface area contributed by atoms with Crippen LogP contribution in [0.2, 0.25) is 0 Å². The maximum atomic E-state index is 13.1. The van der Waals surface area contributed by atoms with Crippen molar-refractivity contribution in [2.45, 2.75) is 37.6 Å². The summed E-state index contributed by atoms with van der Waals surface area (Å²) in [5, 5.41) is 11.1. The summed E-state index contributed by atoms with van der Waals surface area (Å²) in [6, 6.07) is 15.8. The minimum absolute atomic E-state index is 0.170. The summed E-state index contributed by atoms with van der Waals surface area (Å²) in [7, 11) is 0. The third-order valence-corrected chi connectivity index (χ3v) is 6.02. The number of fused-ring (bicyclic) bond motifs is 1. The van der Waals surface area contributed by atoms with E-state index in [2.05, 4.69) is 5.32 Å². The van der Waals surface area contributed by atoms with Gasteiger partial charge in [0.2, 0.25) is 11.8 Å². The molecule has 0 bridgehead atoms. The molecule has 3 rings (SSSR count). The molecule has 0 radical (unpaired) electrons. The number of carbonyl (C=O) groups excluding carboxylic acids is 3. The van der Waals surface area contributed by atoms with E-state index in [0.29, 0.717) is 6.42 Å². The van der Waals surface area contributed by atoms with Gasteiger partial charge in [-0.15, -0.1) is 0 Å². The maximum Gasteiger partial charge on any atom is 0.323 e. The molecule has 0 saturated heterocycles. The number of carbonyl (C=O) groups is 4. The van der Waals surface area contributed by atoms with E-state index in [1.807, 2.05) is 54.6 Å². The number of thioether (sulfide) groups is 1. The van der Waals surface area contributed by atoms with Gasteiger partial charge in [-0.3, -0.25) is 19.2 Å². The highest BCUT2D eigenvalue weighted by atomic mass is 32.2. The first-order valence-corrected chi connectivity index (χ1v) is 10.8. The van der Waals surface area contributed by atoms with Gasteiger partial charge < -0.3 is 15.3 Å². The Bertz CT molecular complexity index is 979. The Balaban J connectivity index is 1.82. The van der Waals surface area contributed by atoms with Crippen molar-refractivity contribution in [2.24, 2.45) is 0 Å². The fourth-order valence-corrected chi connectivity index (χ4v) is 4.46. The van der Waals surface area contributed by atoms with Crippen LogP contribution in [0.3, 0.4) is 0 Å². The maximum absolute atomic E-state index is 13.1. The minimum Gasteiger partial charge on any atom is -0.480 e. The van der Waals surface area contributed by atoms with E-state index >= 15 is 0 Å². The van der Waals surface area contributed by atoms with E-state index in [1.165, 1.54) is 11.8 Å². The number of benzene rings is 2. The van der Waals surface area contributed by atoms with Gasteiger partial charge in [0, 0.05) is 19.9 Å². The number of rotatable bonds is 7. The number of carboxylic acid groups (broad SMARTS) is 1. The smallest absolute Gasteiger partial charge is 0.323 e. The molecule has 1 aliphatic rings. The van der Waals surface area contributed by atoms with Crippen LogP contribution in [0.15, 0.2) is 54.6 Å². The predicted octanol–water partition coefficient (Wildman–Crippen LogP) is 2.03. The van der Waals surface area contributed by atoms with Crippen molar-refractivity contribution in [1.82, 2.24) is 10.2 Å². The monoisotopic (exact) mass is 440 g/mol. The molecule has 2 aromatic carbocycles.